The van der Waals surface area contributed by atoms with Crippen molar-refractivity contribution < 1.29 is 0 Å². The molecule has 18 heavy (non-hydrogen) atoms. The maximum atomic E-state index is 6.27. The van der Waals surface area contributed by atoms with Gasteiger partial charge in [0.2, 0.25) is 0 Å². The Kier molecular flexibility index (Phi) is 3.91. The largest absolute Gasteiger partial charge is 0.293 e. The Balaban J connectivity index is 1.79. The monoisotopic (exact) mass is 347 g/mol. The van der Waals surface area contributed by atoms with Crippen LogP contribution in [0.3, 0.4) is 0 Å². The SMILES string of the molecule is Clc1ccc(Cl)c(CN2C3CCC2CC(Br)C3)c1. The van der Waals surface area contributed by atoms with Crippen LogP contribution in [-0.4, -0.2) is 21.8 Å². The van der Waals surface area contributed by atoms with E-state index < -0.39 is 0 Å². The quantitative estimate of drug-likeness (QED) is 0.688. The first kappa shape index (κ1) is 13.2. The summed E-state index contributed by atoms with van der Waals surface area (Å²) >= 11 is 16.1. The minimum absolute atomic E-state index is 0.695. The molecule has 3 rings (SSSR count). The van der Waals surface area contributed by atoms with E-state index in [-0.39, 0.29) is 0 Å². The molecule has 2 aliphatic rings. The highest BCUT2D eigenvalue weighted by atomic mass is 79.9. The van der Waals surface area contributed by atoms with Crippen LogP contribution in [0.25, 0.3) is 0 Å². The highest BCUT2D eigenvalue weighted by Gasteiger charge is 2.39. The van der Waals surface area contributed by atoms with Gasteiger partial charge in [-0.1, -0.05) is 39.1 Å². The lowest BCUT2D eigenvalue weighted by molar-refractivity contribution is 0.137. The predicted octanol–water partition coefficient (Wildman–Crippen LogP) is 4.88. The number of piperidine rings is 1. The summed E-state index contributed by atoms with van der Waals surface area (Å²) in [5, 5.41) is 1.61. The summed E-state index contributed by atoms with van der Waals surface area (Å²) in [5.41, 5.74) is 1.16. The van der Waals surface area contributed by atoms with E-state index in [1.807, 2.05) is 18.2 Å². The maximum Gasteiger partial charge on any atom is 0.0452 e. The second kappa shape index (κ2) is 5.32. The van der Waals surface area contributed by atoms with Crippen LogP contribution in [0.4, 0.5) is 0 Å². The van der Waals surface area contributed by atoms with Crippen LogP contribution in [0.5, 0.6) is 0 Å². The van der Waals surface area contributed by atoms with Gasteiger partial charge in [0.1, 0.15) is 0 Å². The molecular formula is C14H16BrCl2N. The van der Waals surface area contributed by atoms with Gasteiger partial charge in [-0.2, -0.15) is 0 Å². The number of hydrogen-bond donors (Lipinski definition) is 0. The van der Waals surface area contributed by atoms with Gasteiger partial charge in [-0.3, -0.25) is 4.90 Å². The second-order valence-corrected chi connectivity index (χ2v) is 7.50. The summed E-state index contributed by atoms with van der Waals surface area (Å²) in [4.78, 5) is 3.32. The van der Waals surface area contributed by atoms with Crippen LogP contribution in [0.2, 0.25) is 10.0 Å². The van der Waals surface area contributed by atoms with E-state index in [0.29, 0.717) is 16.9 Å². The molecule has 0 aliphatic carbocycles. The number of nitrogens with zero attached hydrogens (tertiary/aromatic N) is 1. The third-order valence-electron chi connectivity index (χ3n) is 4.19. The fourth-order valence-corrected chi connectivity index (χ4v) is 4.56. The smallest absolute Gasteiger partial charge is 0.0452 e. The fourth-order valence-electron chi connectivity index (χ4n) is 3.33. The standard InChI is InChI=1S/C14H16BrCl2N/c15-10-6-12-2-3-13(7-10)18(12)8-9-5-11(16)1-4-14(9)17/h1,4-5,10,12-13H,2-3,6-8H2. The molecule has 0 spiro atoms. The van der Waals surface area contributed by atoms with Crippen molar-refractivity contribution in [2.24, 2.45) is 0 Å². The van der Waals surface area contributed by atoms with Crippen LogP contribution < -0.4 is 0 Å². The van der Waals surface area contributed by atoms with E-state index in [1.54, 1.807) is 0 Å². The zero-order chi connectivity index (χ0) is 12.7. The number of halogens is 3. The average Bonchev–Trinajstić information content (AvgIpc) is 2.57. The molecule has 1 aromatic carbocycles. The molecule has 2 bridgehead atoms. The Morgan fingerprint density at radius 2 is 1.83 bits per heavy atom. The first-order chi connectivity index (χ1) is 8.63. The van der Waals surface area contributed by atoms with Gasteiger partial charge in [-0.25, -0.2) is 0 Å². The summed E-state index contributed by atoms with van der Waals surface area (Å²) in [7, 11) is 0. The highest BCUT2D eigenvalue weighted by molar-refractivity contribution is 9.09. The maximum absolute atomic E-state index is 6.27. The van der Waals surface area contributed by atoms with Gasteiger partial charge in [0.05, 0.1) is 0 Å². The summed E-state index contributed by atoms with van der Waals surface area (Å²) in [6, 6.07) is 7.18. The van der Waals surface area contributed by atoms with Crippen molar-refractivity contribution in [2.75, 3.05) is 0 Å². The first-order valence-corrected chi connectivity index (χ1v) is 8.14. The van der Waals surface area contributed by atoms with E-state index in [0.717, 1.165) is 22.2 Å². The summed E-state index contributed by atoms with van der Waals surface area (Å²) < 4.78 is 0. The third-order valence-corrected chi connectivity index (χ3v) is 5.54. The average molecular weight is 349 g/mol. The lowest BCUT2D eigenvalue weighted by Gasteiger charge is -2.37. The van der Waals surface area contributed by atoms with Crippen molar-refractivity contribution >= 4 is 39.1 Å². The molecule has 2 atom stereocenters. The Bertz CT molecular complexity index is 437. The number of benzene rings is 1. The molecule has 0 saturated carbocycles. The van der Waals surface area contributed by atoms with Gasteiger partial charge in [0.25, 0.3) is 0 Å². The van der Waals surface area contributed by atoms with Gasteiger partial charge in [-0.15, -0.1) is 0 Å². The van der Waals surface area contributed by atoms with Crippen LogP contribution in [0.15, 0.2) is 18.2 Å². The molecule has 2 heterocycles. The van der Waals surface area contributed by atoms with E-state index >= 15 is 0 Å². The summed E-state index contributed by atoms with van der Waals surface area (Å²) in [5.74, 6) is 0. The molecule has 4 heteroatoms. The first-order valence-electron chi connectivity index (χ1n) is 6.47. The van der Waals surface area contributed by atoms with Gasteiger partial charge in [0, 0.05) is 33.5 Å². The minimum Gasteiger partial charge on any atom is -0.293 e. The third kappa shape index (κ3) is 2.58. The Labute approximate surface area is 127 Å². The molecule has 98 valence electrons. The molecule has 1 nitrogen and oxygen atoms in total. The van der Waals surface area contributed by atoms with Crippen LogP contribution in [0.1, 0.15) is 31.2 Å². The molecule has 0 aromatic heterocycles. The van der Waals surface area contributed by atoms with Crippen molar-refractivity contribution in [1.82, 2.24) is 4.90 Å². The second-order valence-electron chi connectivity index (χ2n) is 5.36. The van der Waals surface area contributed by atoms with Gasteiger partial charge >= 0.3 is 0 Å². The number of fused-ring (bicyclic) bond motifs is 2. The van der Waals surface area contributed by atoms with Crippen molar-refractivity contribution in [2.45, 2.75) is 49.1 Å². The molecule has 2 saturated heterocycles. The van der Waals surface area contributed by atoms with Crippen LogP contribution >= 0.6 is 39.1 Å². The van der Waals surface area contributed by atoms with Gasteiger partial charge in [0.15, 0.2) is 0 Å². The highest BCUT2D eigenvalue weighted by Crippen LogP contribution is 2.40. The molecule has 1 aromatic rings. The molecular weight excluding hydrogens is 333 g/mol. The van der Waals surface area contributed by atoms with Gasteiger partial charge < -0.3 is 0 Å². The van der Waals surface area contributed by atoms with E-state index in [2.05, 4.69) is 20.8 Å². The lowest BCUT2D eigenvalue weighted by Crippen LogP contribution is -2.42. The fraction of sp³-hybridized carbons (Fsp3) is 0.571. The van der Waals surface area contributed by atoms with Gasteiger partial charge in [-0.05, 0) is 49.4 Å². The molecule has 2 unspecified atom stereocenters. The molecule has 2 fully saturated rings. The molecule has 0 radical (unpaired) electrons. The number of rotatable bonds is 2. The number of alkyl halides is 1. The Morgan fingerprint density at radius 1 is 1.17 bits per heavy atom. The van der Waals surface area contributed by atoms with E-state index in [9.17, 15) is 0 Å². The topological polar surface area (TPSA) is 3.24 Å². The normalized spacial score (nSPS) is 31.8. The van der Waals surface area contributed by atoms with Crippen molar-refractivity contribution in [3.63, 3.8) is 0 Å². The Hall–Kier alpha value is 0.240. The zero-order valence-corrected chi connectivity index (χ0v) is 13.2. The molecule has 2 aliphatic heterocycles. The minimum atomic E-state index is 0.695. The van der Waals surface area contributed by atoms with E-state index in [1.165, 1.54) is 25.7 Å². The zero-order valence-electron chi connectivity index (χ0n) is 10.1. The van der Waals surface area contributed by atoms with Crippen molar-refractivity contribution in [3.8, 4) is 0 Å². The predicted molar refractivity (Wildman–Crippen MR) is 80.8 cm³/mol. The van der Waals surface area contributed by atoms with Crippen molar-refractivity contribution in [1.29, 1.82) is 0 Å². The summed E-state index contributed by atoms with van der Waals surface area (Å²) in [6.45, 7) is 0.939. The van der Waals surface area contributed by atoms with Crippen LogP contribution in [0, 0.1) is 0 Å². The van der Waals surface area contributed by atoms with Crippen molar-refractivity contribution in [3.05, 3.63) is 33.8 Å². The number of hydrogen-bond acceptors (Lipinski definition) is 1. The van der Waals surface area contributed by atoms with E-state index in [4.69, 9.17) is 23.2 Å². The summed E-state index contributed by atoms with van der Waals surface area (Å²) in [6.07, 6.45) is 5.17. The Morgan fingerprint density at radius 3 is 2.50 bits per heavy atom. The lowest BCUT2D eigenvalue weighted by atomic mass is 10.0. The van der Waals surface area contributed by atoms with Crippen LogP contribution in [-0.2, 0) is 6.54 Å². The molecule has 0 amide bonds. The molecule has 0 N–H and O–H groups in total.